The van der Waals surface area contributed by atoms with E-state index in [1.165, 1.54) is 0 Å². The van der Waals surface area contributed by atoms with Crippen LogP contribution in [0.4, 0.5) is 0 Å². The highest BCUT2D eigenvalue weighted by molar-refractivity contribution is 6.17. The molecule has 1 aromatic heterocycles. The van der Waals surface area contributed by atoms with E-state index in [9.17, 15) is 0 Å². The van der Waals surface area contributed by atoms with Gasteiger partial charge in [-0.1, -0.05) is 0 Å². The molecule has 0 bridgehead atoms. The van der Waals surface area contributed by atoms with Crippen molar-refractivity contribution >= 4 is 11.6 Å². The molecule has 0 fully saturated rings. The maximum Gasteiger partial charge on any atom is 0.0948 e. The van der Waals surface area contributed by atoms with Crippen LogP contribution >= 0.6 is 11.6 Å². The molecule has 2 N–H and O–H groups in total. The lowest BCUT2D eigenvalue weighted by Crippen LogP contribution is -2.06. The molecular weight excluding hydrogens is 150 g/mol. The van der Waals surface area contributed by atoms with E-state index >= 15 is 0 Å². The highest BCUT2D eigenvalue weighted by Crippen LogP contribution is 1.97. The minimum atomic E-state index is 0.525. The van der Waals surface area contributed by atoms with Gasteiger partial charge in [0.15, 0.2) is 0 Å². The topological polar surface area (TPSA) is 43.8 Å². The Bertz CT molecular complexity index is 197. The van der Waals surface area contributed by atoms with Gasteiger partial charge in [0.2, 0.25) is 0 Å². The summed E-state index contributed by atoms with van der Waals surface area (Å²) in [6.45, 7) is 1.31. The van der Waals surface area contributed by atoms with Crippen LogP contribution in [0, 0.1) is 0 Å². The number of hydrogen-bond donors (Lipinski definition) is 1. The molecule has 0 aliphatic heterocycles. The molecule has 0 saturated carbocycles. The van der Waals surface area contributed by atoms with Crippen LogP contribution in [0.2, 0.25) is 0 Å². The lowest BCUT2D eigenvalue weighted by Gasteiger charge is -2.01. The Labute approximate surface area is 64.8 Å². The number of hydrogen-bond acceptors (Lipinski definition) is 2. The average Bonchev–Trinajstić information content (AvgIpc) is 2.36. The number of imidazole rings is 1. The summed E-state index contributed by atoms with van der Waals surface area (Å²) in [6, 6.07) is 0. The fraction of sp³-hybridized carbons (Fsp3) is 0.500. The van der Waals surface area contributed by atoms with Crippen LogP contribution in [0.25, 0.3) is 0 Å². The van der Waals surface area contributed by atoms with Crippen molar-refractivity contribution in [2.45, 2.75) is 13.1 Å². The Morgan fingerprint density at radius 2 is 2.50 bits per heavy atom. The molecule has 1 aromatic rings. The van der Waals surface area contributed by atoms with Crippen LogP contribution < -0.4 is 5.73 Å². The Kier molecular flexibility index (Phi) is 2.71. The number of alkyl halides is 1. The molecule has 4 heteroatoms. The van der Waals surface area contributed by atoms with Gasteiger partial charge in [-0.2, -0.15) is 0 Å². The summed E-state index contributed by atoms with van der Waals surface area (Å²) in [6.07, 6.45) is 3.50. The van der Waals surface area contributed by atoms with E-state index in [-0.39, 0.29) is 0 Å². The Hall–Kier alpha value is -0.540. The molecule has 3 nitrogen and oxygen atoms in total. The second kappa shape index (κ2) is 3.58. The molecule has 1 heterocycles. The van der Waals surface area contributed by atoms with E-state index in [1.807, 2.05) is 4.57 Å². The van der Waals surface area contributed by atoms with E-state index in [0.29, 0.717) is 12.4 Å². The third-order valence-corrected chi connectivity index (χ3v) is 1.50. The average molecular weight is 160 g/mol. The van der Waals surface area contributed by atoms with Crippen molar-refractivity contribution in [3.8, 4) is 0 Å². The third-order valence-electron chi connectivity index (χ3n) is 1.33. The smallest absolute Gasteiger partial charge is 0.0948 e. The third kappa shape index (κ3) is 1.49. The molecule has 0 aliphatic rings. The molecule has 0 amide bonds. The van der Waals surface area contributed by atoms with E-state index < -0.39 is 0 Å². The van der Waals surface area contributed by atoms with Crippen molar-refractivity contribution in [3.05, 3.63) is 18.2 Å². The summed E-state index contributed by atoms with van der Waals surface area (Å²) < 4.78 is 1.95. The number of aryl methyl sites for hydroxylation is 1. The number of halogens is 1. The maximum atomic E-state index is 5.53. The molecule has 0 unspecified atom stereocenters. The molecular formula is C6H10ClN3. The van der Waals surface area contributed by atoms with Crippen LogP contribution in [0.5, 0.6) is 0 Å². The van der Waals surface area contributed by atoms with Crippen molar-refractivity contribution in [2.24, 2.45) is 5.73 Å². The maximum absolute atomic E-state index is 5.53. The van der Waals surface area contributed by atoms with E-state index in [1.54, 1.807) is 12.5 Å². The molecule has 56 valence electrons. The standard InChI is InChI=1S/C6H10ClN3/c7-1-2-10-5-9-4-6(10)3-8/h4-5H,1-3,8H2. The van der Waals surface area contributed by atoms with Crippen molar-refractivity contribution < 1.29 is 0 Å². The van der Waals surface area contributed by atoms with Gasteiger partial charge in [0.05, 0.1) is 12.0 Å². The summed E-state index contributed by atoms with van der Waals surface area (Å²) >= 11 is 5.53. The molecule has 0 aromatic carbocycles. The number of nitrogens with zero attached hydrogens (tertiary/aromatic N) is 2. The van der Waals surface area contributed by atoms with E-state index in [4.69, 9.17) is 17.3 Å². The minimum Gasteiger partial charge on any atom is -0.332 e. The molecule has 10 heavy (non-hydrogen) atoms. The predicted octanol–water partition coefficient (Wildman–Crippen LogP) is 0.581. The summed E-state index contributed by atoms with van der Waals surface area (Å²) in [5.74, 6) is 0.601. The molecule has 0 radical (unpaired) electrons. The fourth-order valence-corrected chi connectivity index (χ4v) is 0.993. The normalized spacial score (nSPS) is 10.2. The van der Waals surface area contributed by atoms with Crippen molar-refractivity contribution in [1.29, 1.82) is 0 Å². The van der Waals surface area contributed by atoms with Gasteiger partial charge in [0.1, 0.15) is 0 Å². The Morgan fingerprint density at radius 3 is 3.10 bits per heavy atom. The van der Waals surface area contributed by atoms with Crippen LogP contribution in [-0.4, -0.2) is 15.4 Å². The van der Waals surface area contributed by atoms with Crippen LogP contribution in [0.3, 0.4) is 0 Å². The van der Waals surface area contributed by atoms with Gasteiger partial charge in [-0.05, 0) is 0 Å². The first-order valence-electron chi connectivity index (χ1n) is 3.13. The zero-order chi connectivity index (χ0) is 7.40. The summed E-state index contributed by atoms with van der Waals surface area (Å²) in [5.41, 5.74) is 6.45. The highest BCUT2D eigenvalue weighted by Gasteiger charge is 1.96. The lowest BCUT2D eigenvalue weighted by atomic mass is 10.5. The first-order valence-corrected chi connectivity index (χ1v) is 3.67. The predicted molar refractivity (Wildman–Crippen MR) is 40.8 cm³/mol. The van der Waals surface area contributed by atoms with Crippen LogP contribution in [0.1, 0.15) is 5.69 Å². The van der Waals surface area contributed by atoms with Crippen molar-refractivity contribution in [1.82, 2.24) is 9.55 Å². The number of aromatic nitrogens is 2. The minimum absolute atomic E-state index is 0.525. The SMILES string of the molecule is NCc1cncn1CCCl. The second-order valence-electron chi connectivity index (χ2n) is 1.97. The summed E-state index contributed by atoms with van der Waals surface area (Å²) in [5, 5.41) is 0. The highest BCUT2D eigenvalue weighted by atomic mass is 35.5. The van der Waals surface area contributed by atoms with Crippen molar-refractivity contribution in [3.63, 3.8) is 0 Å². The Morgan fingerprint density at radius 1 is 1.70 bits per heavy atom. The van der Waals surface area contributed by atoms with Gasteiger partial charge in [-0.3, -0.25) is 0 Å². The monoisotopic (exact) mass is 159 g/mol. The van der Waals surface area contributed by atoms with Gasteiger partial charge in [0, 0.05) is 25.2 Å². The molecule has 0 spiro atoms. The van der Waals surface area contributed by atoms with Gasteiger partial charge in [-0.15, -0.1) is 11.6 Å². The first kappa shape index (κ1) is 7.57. The largest absolute Gasteiger partial charge is 0.332 e. The molecule has 1 rings (SSSR count). The van der Waals surface area contributed by atoms with Gasteiger partial charge in [0.25, 0.3) is 0 Å². The summed E-state index contributed by atoms with van der Waals surface area (Å²) in [4.78, 5) is 3.94. The Balaban J connectivity index is 2.70. The zero-order valence-corrected chi connectivity index (χ0v) is 6.38. The summed E-state index contributed by atoms with van der Waals surface area (Å²) in [7, 11) is 0. The van der Waals surface area contributed by atoms with Crippen LogP contribution in [0.15, 0.2) is 12.5 Å². The molecule has 0 aliphatic carbocycles. The number of rotatable bonds is 3. The molecule has 0 atom stereocenters. The van der Waals surface area contributed by atoms with Gasteiger partial charge < -0.3 is 10.3 Å². The van der Waals surface area contributed by atoms with Crippen molar-refractivity contribution in [2.75, 3.05) is 5.88 Å². The zero-order valence-electron chi connectivity index (χ0n) is 5.63. The second-order valence-corrected chi connectivity index (χ2v) is 2.35. The van der Waals surface area contributed by atoms with E-state index in [0.717, 1.165) is 12.2 Å². The van der Waals surface area contributed by atoms with Gasteiger partial charge >= 0.3 is 0 Å². The molecule has 0 saturated heterocycles. The lowest BCUT2D eigenvalue weighted by molar-refractivity contribution is 0.716. The fourth-order valence-electron chi connectivity index (χ4n) is 0.811. The van der Waals surface area contributed by atoms with E-state index in [2.05, 4.69) is 4.98 Å². The van der Waals surface area contributed by atoms with Gasteiger partial charge in [-0.25, -0.2) is 4.98 Å². The van der Waals surface area contributed by atoms with Crippen LogP contribution in [-0.2, 0) is 13.1 Å². The quantitative estimate of drug-likeness (QED) is 0.656. The number of nitrogens with two attached hydrogens (primary N) is 1. The first-order chi connectivity index (χ1) is 4.88.